The SMILES string of the molecule is Cc1ccc(CN2CCCC2)cc1C1=Nc2c(cccc2C(=O)Nc2ccc(CN3CCCC3)cc2)C1.Cc1ccc(Cl)cc1C1=Nc2c(cccc2C(=O)O)C1.FB(F)F.Nc1ccc(CN2CCCC2)cn1.[CH2-]N1CCCC1.[K+]. The summed E-state index contributed by atoms with van der Waals surface area (Å²) < 4.78 is 29.0. The summed E-state index contributed by atoms with van der Waals surface area (Å²) in [6, 6.07) is 35.8. The van der Waals surface area contributed by atoms with Crippen molar-refractivity contribution in [2.24, 2.45) is 9.98 Å². The fourth-order valence-corrected chi connectivity index (χ4v) is 11.1. The molecule has 12 rings (SSSR count). The Morgan fingerprint density at radius 3 is 1.56 bits per heavy atom. The van der Waals surface area contributed by atoms with Crippen LogP contribution in [0.15, 0.2) is 125 Å². The molecule has 6 aliphatic heterocycles. The third-order valence-corrected chi connectivity index (χ3v) is 15.4. The molecule has 18 heteroatoms. The quantitative estimate of drug-likeness (QED) is 0.0854. The van der Waals surface area contributed by atoms with Gasteiger partial charge in [0.1, 0.15) is 5.82 Å². The molecule has 0 saturated carbocycles. The molecule has 0 radical (unpaired) electrons. The van der Waals surface area contributed by atoms with Crippen molar-refractivity contribution in [1.82, 2.24) is 24.6 Å². The van der Waals surface area contributed by atoms with E-state index in [-0.39, 0.29) is 62.9 Å². The number of aliphatic imine (C=N–C) groups is 2. The molecule has 1 amide bonds. The first-order chi connectivity index (χ1) is 38.6. The van der Waals surface area contributed by atoms with Crippen LogP contribution in [0.3, 0.4) is 0 Å². The number of likely N-dealkylation sites (tertiary alicyclic amines) is 4. The van der Waals surface area contributed by atoms with Gasteiger partial charge in [-0.15, -0.1) is 0 Å². The van der Waals surface area contributed by atoms with Gasteiger partial charge in [0.2, 0.25) is 0 Å². The first-order valence-electron chi connectivity index (χ1n) is 27.9. The van der Waals surface area contributed by atoms with E-state index in [0.717, 1.165) is 71.1 Å². The number of fused-ring (bicyclic) bond motifs is 2. The van der Waals surface area contributed by atoms with Gasteiger partial charge in [-0.25, -0.2) is 9.78 Å². The summed E-state index contributed by atoms with van der Waals surface area (Å²) in [5, 5.41) is 13.0. The number of pyridine rings is 1. The van der Waals surface area contributed by atoms with Crippen LogP contribution in [0.4, 0.5) is 35.8 Å². The average Bonchev–Trinajstić information content (AvgIpc) is 4.34. The number of nitrogens with two attached hydrogens (primary N) is 1. The summed E-state index contributed by atoms with van der Waals surface area (Å²) in [4.78, 5) is 47.7. The van der Waals surface area contributed by atoms with E-state index in [0.29, 0.717) is 28.5 Å². The molecule has 4 saturated heterocycles. The van der Waals surface area contributed by atoms with Gasteiger partial charge in [-0.1, -0.05) is 72.3 Å². The van der Waals surface area contributed by atoms with Crippen LogP contribution in [0.5, 0.6) is 0 Å². The Hall–Kier alpha value is -5.05. The second-order valence-corrected chi connectivity index (χ2v) is 21.7. The van der Waals surface area contributed by atoms with Crippen LogP contribution >= 0.6 is 11.6 Å². The molecule has 5 aromatic carbocycles. The maximum atomic E-state index is 13.3. The zero-order valence-electron chi connectivity index (χ0n) is 47.1. The zero-order valence-corrected chi connectivity index (χ0v) is 51.0. The molecule has 1 aromatic heterocycles. The second-order valence-electron chi connectivity index (χ2n) is 21.3. The summed E-state index contributed by atoms with van der Waals surface area (Å²) in [5.74, 6) is -0.450. The summed E-state index contributed by atoms with van der Waals surface area (Å²) >= 11 is 6.04. The predicted octanol–water partition coefficient (Wildman–Crippen LogP) is 10.2. The predicted molar refractivity (Wildman–Crippen MR) is 319 cm³/mol. The number of aryl methyl sites for hydroxylation is 2. The van der Waals surface area contributed by atoms with Crippen LogP contribution in [0.1, 0.15) is 122 Å². The topological polar surface area (TPSA) is 143 Å². The summed E-state index contributed by atoms with van der Waals surface area (Å²) in [6.45, 7) is 16.8. The number of rotatable bonds is 11. The minimum atomic E-state index is -3.67. The van der Waals surface area contributed by atoms with Gasteiger partial charge in [-0.3, -0.25) is 49.5 Å². The van der Waals surface area contributed by atoms with Crippen LogP contribution in [0.25, 0.3) is 0 Å². The minimum Gasteiger partial charge on any atom is -0.478 e. The molecular weight excluding hydrogens is 1070 g/mol. The maximum absolute atomic E-state index is 13.3. The number of anilines is 2. The molecule has 4 fully saturated rings. The normalized spacial score (nSPS) is 16.4. The smallest absolute Gasteiger partial charge is 0.478 e. The van der Waals surface area contributed by atoms with Crippen LogP contribution in [-0.2, 0) is 32.5 Å². The first-order valence-corrected chi connectivity index (χ1v) is 28.3. The Morgan fingerprint density at radius 2 is 1.06 bits per heavy atom. The zero-order chi connectivity index (χ0) is 56.5. The third-order valence-electron chi connectivity index (χ3n) is 15.1. The molecule has 7 heterocycles. The van der Waals surface area contributed by atoms with Crippen molar-refractivity contribution in [1.29, 1.82) is 0 Å². The van der Waals surface area contributed by atoms with E-state index in [1.54, 1.807) is 12.1 Å². The number of halogens is 4. The number of aromatic nitrogens is 1. The fraction of sp³-hybridized carbons (Fsp3) is 0.365. The number of nitrogens with one attached hydrogen (secondary N) is 1. The van der Waals surface area contributed by atoms with Gasteiger partial charge in [-0.2, -0.15) is 0 Å². The molecule has 81 heavy (non-hydrogen) atoms. The Kier molecular flexibility index (Phi) is 24.8. The van der Waals surface area contributed by atoms with Crippen molar-refractivity contribution in [2.45, 2.75) is 97.7 Å². The molecule has 0 unspecified atom stereocenters. The number of benzene rings is 5. The van der Waals surface area contributed by atoms with E-state index >= 15 is 0 Å². The van der Waals surface area contributed by atoms with E-state index < -0.39 is 13.5 Å². The van der Waals surface area contributed by atoms with E-state index in [9.17, 15) is 27.6 Å². The van der Waals surface area contributed by atoms with Gasteiger partial charge in [0.15, 0.2) is 0 Å². The number of hydrogen-bond acceptors (Lipinski definition) is 10. The molecule has 0 bridgehead atoms. The van der Waals surface area contributed by atoms with Crippen LogP contribution in [-0.4, -0.2) is 113 Å². The number of carboxylic acid groups (broad SMARTS) is 1. The van der Waals surface area contributed by atoms with Crippen molar-refractivity contribution < 1.29 is 79.0 Å². The fourth-order valence-electron chi connectivity index (χ4n) is 10.9. The average molecular weight is 1150 g/mol. The molecule has 0 aliphatic carbocycles. The third kappa shape index (κ3) is 19.0. The standard InChI is InChI=1S/C32H36N4O.C16H12ClNO2.C10H15N3.C5H10N.BF3.K/c1-23-9-10-25(22-36-17-4-5-18-36)19-29(23)30-20-26-7-6-8-28(31(26)34-30)32(37)33-27-13-11-24(12-14-27)21-35-15-2-3-16-35;1-9-5-6-11(17)8-13(9)14-7-10-3-2-4-12(16(19)20)15(10)18-14;11-10-4-3-9(7-12-10)8-13-5-1-2-6-13;1-6-4-2-3-5-6;2-1(3)4;/h6-14,19H,2-5,15-18,20-22H2,1H3,(H,33,37);2-6,8H,7H2,1H3,(H,19,20);3-4,7H,1-2,5-6,8H2,(H2,11,12);1-5H2;;/q;;;-1;;+1. The van der Waals surface area contributed by atoms with Crippen molar-refractivity contribution in [2.75, 3.05) is 63.4 Å². The van der Waals surface area contributed by atoms with Gasteiger partial charge in [0.05, 0.1) is 33.9 Å². The molecule has 6 aliphatic rings. The Morgan fingerprint density at radius 1 is 0.617 bits per heavy atom. The second kappa shape index (κ2) is 31.6. The van der Waals surface area contributed by atoms with Crippen LogP contribution in [0.2, 0.25) is 5.02 Å². The number of nitrogens with zero attached hydrogens (tertiary/aromatic N) is 7. The van der Waals surface area contributed by atoms with Crippen LogP contribution in [0, 0.1) is 20.9 Å². The number of para-hydroxylation sites is 2. The number of amides is 1. The van der Waals surface area contributed by atoms with Crippen molar-refractivity contribution >= 4 is 65.3 Å². The molecule has 0 spiro atoms. The van der Waals surface area contributed by atoms with E-state index in [4.69, 9.17) is 22.3 Å². The molecule has 420 valence electrons. The Labute approximate surface area is 524 Å². The molecule has 0 atom stereocenters. The van der Waals surface area contributed by atoms with Crippen molar-refractivity contribution in [3.8, 4) is 0 Å². The summed E-state index contributed by atoms with van der Waals surface area (Å²) in [5.41, 5.74) is 21.0. The first kappa shape index (κ1) is 63.5. The number of nitrogen functional groups attached to an aromatic ring is 1. The van der Waals surface area contributed by atoms with Crippen molar-refractivity contribution in [3.05, 3.63) is 189 Å². The summed E-state index contributed by atoms with van der Waals surface area (Å²) in [7, 11) is 0.104. The van der Waals surface area contributed by atoms with E-state index in [1.165, 1.54) is 132 Å². The van der Waals surface area contributed by atoms with Gasteiger partial charge in [0.25, 0.3) is 5.91 Å². The maximum Gasteiger partial charge on any atom is 1.00 e. The van der Waals surface area contributed by atoms with Gasteiger partial charge < -0.3 is 21.1 Å². The molecule has 6 aromatic rings. The number of carbonyl (C=O) groups is 2. The largest absolute Gasteiger partial charge is 1.00 e. The van der Waals surface area contributed by atoms with Gasteiger partial charge >= 0.3 is 64.9 Å². The number of carboxylic acids is 1. The molecule has 12 nitrogen and oxygen atoms in total. The van der Waals surface area contributed by atoms with E-state index in [2.05, 4.69) is 91.3 Å². The Bertz CT molecular complexity index is 3110. The number of hydrogen-bond donors (Lipinski definition) is 3. The molecule has 4 N–H and O–H groups in total. The Balaban J connectivity index is 0.000000178. The number of aromatic carboxylic acids is 1. The minimum absolute atomic E-state index is 0. The van der Waals surface area contributed by atoms with Crippen molar-refractivity contribution in [3.63, 3.8) is 0 Å². The van der Waals surface area contributed by atoms with Gasteiger partial charge in [-0.05, 0) is 211 Å². The van der Waals surface area contributed by atoms with E-state index in [1.807, 2.05) is 67.7 Å². The summed E-state index contributed by atoms with van der Waals surface area (Å²) in [6.07, 6.45) is 13.8. The van der Waals surface area contributed by atoms with Crippen LogP contribution < -0.4 is 62.4 Å². The monoisotopic (exact) mass is 1150 g/mol. The van der Waals surface area contributed by atoms with Gasteiger partial charge in [0, 0.05) is 54.9 Å². The molecular formula is C63H73BClF3KN9O3. The number of carbonyl (C=O) groups excluding carboxylic acids is 1.